The molecule has 0 saturated heterocycles. The van der Waals surface area contributed by atoms with Gasteiger partial charge in [-0.25, -0.2) is 0 Å². The Labute approximate surface area is 126 Å². The van der Waals surface area contributed by atoms with Crippen molar-refractivity contribution >= 4 is 44.6 Å². The second-order valence-corrected chi connectivity index (χ2v) is 5.32. The van der Waals surface area contributed by atoms with Gasteiger partial charge in [0.15, 0.2) is 0 Å². The first kappa shape index (κ1) is 15.0. The molecular formula is C13H9BrClF3N2. The van der Waals surface area contributed by atoms with Crippen LogP contribution in [0, 0.1) is 0 Å². The van der Waals surface area contributed by atoms with Crippen LogP contribution < -0.4 is 11.1 Å². The third-order valence-corrected chi connectivity index (χ3v) is 3.80. The molecule has 0 radical (unpaired) electrons. The molecule has 0 fully saturated rings. The zero-order chi connectivity index (χ0) is 14.9. The lowest BCUT2D eigenvalue weighted by atomic mass is 10.1. The Hall–Kier alpha value is -1.40. The number of hydrogen-bond donors (Lipinski definition) is 2. The number of rotatable bonds is 2. The van der Waals surface area contributed by atoms with Crippen molar-refractivity contribution in [3.63, 3.8) is 0 Å². The molecule has 106 valence electrons. The predicted molar refractivity (Wildman–Crippen MR) is 78.3 cm³/mol. The summed E-state index contributed by atoms with van der Waals surface area (Å²) < 4.78 is 39.0. The molecule has 0 heterocycles. The van der Waals surface area contributed by atoms with Crippen LogP contribution in [-0.4, -0.2) is 0 Å². The van der Waals surface area contributed by atoms with Gasteiger partial charge in [0.25, 0.3) is 0 Å². The first-order valence-electron chi connectivity index (χ1n) is 5.46. The number of nitrogen functional groups attached to an aromatic ring is 1. The van der Waals surface area contributed by atoms with Crippen LogP contribution in [-0.2, 0) is 6.18 Å². The SMILES string of the molecule is Nc1ccc(Nc2ccc(Br)c(Cl)c2)cc1C(F)(F)F. The Morgan fingerprint density at radius 1 is 1.05 bits per heavy atom. The molecule has 0 spiro atoms. The largest absolute Gasteiger partial charge is 0.418 e. The van der Waals surface area contributed by atoms with Gasteiger partial charge in [-0.1, -0.05) is 11.6 Å². The smallest absolute Gasteiger partial charge is 0.398 e. The van der Waals surface area contributed by atoms with Crippen LogP contribution in [0.3, 0.4) is 0 Å². The molecule has 0 saturated carbocycles. The minimum absolute atomic E-state index is 0.282. The van der Waals surface area contributed by atoms with Crippen molar-refractivity contribution in [2.24, 2.45) is 0 Å². The van der Waals surface area contributed by atoms with Gasteiger partial charge in [-0.2, -0.15) is 13.2 Å². The van der Waals surface area contributed by atoms with Gasteiger partial charge in [-0.05, 0) is 52.3 Å². The van der Waals surface area contributed by atoms with E-state index in [0.717, 1.165) is 6.07 Å². The molecule has 2 aromatic rings. The summed E-state index contributed by atoms with van der Waals surface area (Å²) in [4.78, 5) is 0. The molecule has 20 heavy (non-hydrogen) atoms. The molecule has 0 aliphatic carbocycles. The zero-order valence-corrected chi connectivity index (χ0v) is 12.3. The highest BCUT2D eigenvalue weighted by Gasteiger charge is 2.33. The van der Waals surface area contributed by atoms with Gasteiger partial charge >= 0.3 is 6.18 Å². The first-order valence-corrected chi connectivity index (χ1v) is 6.63. The second kappa shape index (κ2) is 5.54. The molecular weight excluding hydrogens is 357 g/mol. The molecule has 0 atom stereocenters. The highest BCUT2D eigenvalue weighted by molar-refractivity contribution is 9.10. The van der Waals surface area contributed by atoms with Crippen molar-refractivity contribution in [2.75, 3.05) is 11.1 Å². The fourth-order valence-corrected chi connectivity index (χ4v) is 2.05. The molecule has 0 aromatic heterocycles. The second-order valence-electron chi connectivity index (χ2n) is 4.05. The monoisotopic (exact) mass is 364 g/mol. The van der Waals surface area contributed by atoms with Crippen molar-refractivity contribution < 1.29 is 13.2 Å². The van der Waals surface area contributed by atoms with Crippen molar-refractivity contribution in [2.45, 2.75) is 6.18 Å². The van der Waals surface area contributed by atoms with E-state index < -0.39 is 11.7 Å². The number of nitrogens with one attached hydrogen (secondary N) is 1. The number of hydrogen-bond acceptors (Lipinski definition) is 2. The Bertz CT molecular complexity index is 644. The summed E-state index contributed by atoms with van der Waals surface area (Å²) >= 11 is 9.16. The third-order valence-electron chi connectivity index (χ3n) is 2.57. The quantitative estimate of drug-likeness (QED) is 0.695. The van der Waals surface area contributed by atoms with Crippen molar-refractivity contribution in [3.8, 4) is 0 Å². The van der Waals surface area contributed by atoms with E-state index in [1.165, 1.54) is 12.1 Å². The van der Waals surface area contributed by atoms with Gasteiger partial charge in [0.2, 0.25) is 0 Å². The van der Waals surface area contributed by atoms with Crippen molar-refractivity contribution in [1.82, 2.24) is 0 Å². The molecule has 0 amide bonds. The van der Waals surface area contributed by atoms with Crippen LogP contribution in [0.5, 0.6) is 0 Å². The Morgan fingerprint density at radius 2 is 1.65 bits per heavy atom. The van der Waals surface area contributed by atoms with Crippen LogP contribution in [0.25, 0.3) is 0 Å². The molecule has 2 nitrogen and oxygen atoms in total. The Morgan fingerprint density at radius 3 is 2.25 bits per heavy atom. The Balaban J connectivity index is 2.32. The van der Waals surface area contributed by atoms with E-state index in [-0.39, 0.29) is 11.4 Å². The van der Waals surface area contributed by atoms with E-state index in [0.29, 0.717) is 15.2 Å². The molecule has 2 aromatic carbocycles. The maximum atomic E-state index is 12.7. The summed E-state index contributed by atoms with van der Waals surface area (Å²) in [5, 5.41) is 3.31. The fourth-order valence-electron chi connectivity index (χ4n) is 1.62. The number of anilines is 3. The lowest BCUT2D eigenvalue weighted by Crippen LogP contribution is -2.09. The Kier molecular flexibility index (Phi) is 4.15. The maximum absolute atomic E-state index is 12.7. The van der Waals surface area contributed by atoms with Gasteiger partial charge < -0.3 is 11.1 Å². The maximum Gasteiger partial charge on any atom is 0.418 e. The van der Waals surface area contributed by atoms with Gasteiger partial charge in [-0.3, -0.25) is 0 Å². The summed E-state index contributed by atoms with van der Waals surface area (Å²) in [6.07, 6.45) is -4.49. The first-order chi connectivity index (χ1) is 9.27. The van der Waals surface area contributed by atoms with Crippen LogP contribution in [0.2, 0.25) is 5.02 Å². The highest BCUT2D eigenvalue weighted by Crippen LogP contribution is 2.36. The minimum atomic E-state index is -4.49. The summed E-state index contributed by atoms with van der Waals surface area (Å²) in [5.41, 5.74) is 5.02. The summed E-state index contributed by atoms with van der Waals surface area (Å²) in [5.74, 6) is 0. The van der Waals surface area contributed by atoms with Crippen LogP contribution in [0.1, 0.15) is 5.56 Å². The molecule has 2 rings (SSSR count). The molecule has 3 N–H and O–H groups in total. The van der Waals surface area contributed by atoms with Crippen molar-refractivity contribution in [1.29, 1.82) is 0 Å². The van der Waals surface area contributed by atoms with Gasteiger partial charge in [-0.15, -0.1) is 0 Å². The molecule has 0 aliphatic heterocycles. The molecule has 0 unspecified atom stereocenters. The third kappa shape index (κ3) is 3.37. The lowest BCUT2D eigenvalue weighted by Gasteiger charge is -2.13. The molecule has 0 aliphatic rings. The standard InChI is InChI=1S/C13H9BrClF3N2/c14-10-3-1-8(6-11(10)15)20-7-2-4-12(19)9(5-7)13(16,17)18/h1-6,20H,19H2. The number of benzene rings is 2. The van der Waals surface area contributed by atoms with E-state index in [2.05, 4.69) is 21.2 Å². The summed E-state index contributed by atoms with van der Waals surface area (Å²) in [6, 6.07) is 8.65. The average Bonchev–Trinajstić information content (AvgIpc) is 2.35. The van der Waals surface area contributed by atoms with E-state index in [4.69, 9.17) is 17.3 Å². The van der Waals surface area contributed by atoms with Crippen LogP contribution in [0.4, 0.5) is 30.2 Å². The van der Waals surface area contributed by atoms with Gasteiger partial charge in [0.1, 0.15) is 0 Å². The molecule has 7 heteroatoms. The van der Waals surface area contributed by atoms with Gasteiger partial charge in [0, 0.05) is 21.5 Å². The summed E-state index contributed by atoms with van der Waals surface area (Å²) in [6.45, 7) is 0. The highest BCUT2D eigenvalue weighted by atomic mass is 79.9. The minimum Gasteiger partial charge on any atom is -0.398 e. The van der Waals surface area contributed by atoms with E-state index in [1.807, 2.05) is 0 Å². The zero-order valence-electron chi connectivity index (χ0n) is 9.93. The fraction of sp³-hybridized carbons (Fsp3) is 0.0769. The normalized spacial score (nSPS) is 11.4. The topological polar surface area (TPSA) is 38.0 Å². The number of nitrogens with two attached hydrogens (primary N) is 1. The number of alkyl halides is 3. The van der Waals surface area contributed by atoms with E-state index >= 15 is 0 Å². The van der Waals surface area contributed by atoms with Crippen LogP contribution >= 0.6 is 27.5 Å². The van der Waals surface area contributed by atoms with E-state index in [1.54, 1.807) is 18.2 Å². The van der Waals surface area contributed by atoms with E-state index in [9.17, 15) is 13.2 Å². The van der Waals surface area contributed by atoms with Gasteiger partial charge in [0.05, 0.1) is 10.6 Å². The van der Waals surface area contributed by atoms with Crippen molar-refractivity contribution in [3.05, 3.63) is 51.5 Å². The number of halogens is 5. The lowest BCUT2D eigenvalue weighted by molar-refractivity contribution is -0.136. The predicted octanol–water partition coefficient (Wildman–Crippen LogP) is 5.45. The average molecular weight is 366 g/mol. The summed E-state index contributed by atoms with van der Waals surface area (Å²) in [7, 11) is 0. The van der Waals surface area contributed by atoms with Crippen LogP contribution in [0.15, 0.2) is 40.9 Å². The molecule has 0 bridgehead atoms.